The normalized spacial score (nSPS) is 20.6. The molecule has 4 N–H and O–H groups in total. The average molecular weight is 548 g/mol. The van der Waals surface area contributed by atoms with Crippen LogP contribution in [-0.2, 0) is 19.9 Å². The Balaban J connectivity index is 1.41. The summed E-state index contributed by atoms with van der Waals surface area (Å²) in [5, 5.41) is 11.9. The minimum absolute atomic E-state index is 0.331. The quantitative estimate of drug-likeness (QED) is 0.380. The molecule has 0 aromatic heterocycles. The number of nitrogens with zero attached hydrogens (tertiary/aromatic N) is 2. The standard InChI is InChI=1S/C25H33N5O5S2/c26-37(35,30-11-2-12-30)21-4-1-3-19(17-21)27-24(32)22-6-5-20(28-36(33,34)16-15-31)18-23(22)29-13-9-25(7-8-25)10-14-29/h1,3-6,17-18,26,28,31H,2,7-16H2,(H,27,32)/t37-/m0/s1. The van der Waals surface area contributed by atoms with E-state index in [1.165, 1.54) is 18.9 Å². The first-order valence-electron chi connectivity index (χ1n) is 12.6. The number of carbonyl (C=O) groups excluding carboxylic acids is 1. The summed E-state index contributed by atoms with van der Waals surface area (Å²) >= 11 is 0. The molecular formula is C25H33N5O5S2. The van der Waals surface area contributed by atoms with Gasteiger partial charge in [0.05, 0.1) is 34.2 Å². The number of rotatable bonds is 9. The lowest BCUT2D eigenvalue weighted by Gasteiger charge is -2.35. The van der Waals surface area contributed by atoms with Crippen molar-refractivity contribution in [1.29, 1.82) is 4.78 Å². The maximum Gasteiger partial charge on any atom is 0.257 e. The summed E-state index contributed by atoms with van der Waals surface area (Å²) in [6.45, 7) is 2.30. The molecule has 200 valence electrons. The van der Waals surface area contributed by atoms with E-state index in [0.717, 1.165) is 32.4 Å². The first-order valence-corrected chi connectivity index (χ1v) is 15.7. The van der Waals surface area contributed by atoms with Crippen LogP contribution < -0.4 is 14.9 Å². The molecule has 2 aromatic rings. The summed E-state index contributed by atoms with van der Waals surface area (Å²) in [5.74, 6) is -0.784. The topological polar surface area (TPSA) is 143 Å². The van der Waals surface area contributed by atoms with Crippen LogP contribution in [-0.4, -0.2) is 66.5 Å². The highest BCUT2D eigenvalue weighted by molar-refractivity contribution is 7.92. The Morgan fingerprint density at radius 2 is 1.70 bits per heavy atom. The van der Waals surface area contributed by atoms with Gasteiger partial charge in [-0.15, -0.1) is 0 Å². The largest absolute Gasteiger partial charge is 0.395 e. The molecule has 10 nitrogen and oxygen atoms in total. The molecule has 1 spiro atoms. The molecule has 2 saturated heterocycles. The molecule has 5 rings (SSSR count). The van der Waals surface area contributed by atoms with E-state index in [1.807, 2.05) is 0 Å². The zero-order chi connectivity index (χ0) is 26.3. The van der Waals surface area contributed by atoms with E-state index in [9.17, 15) is 17.4 Å². The summed E-state index contributed by atoms with van der Waals surface area (Å²) in [6.07, 6.45) is 5.46. The van der Waals surface area contributed by atoms with E-state index in [-0.39, 0.29) is 5.91 Å². The molecule has 2 aliphatic heterocycles. The van der Waals surface area contributed by atoms with Crippen LogP contribution in [0.4, 0.5) is 17.1 Å². The number of aliphatic hydroxyl groups is 1. The van der Waals surface area contributed by atoms with Gasteiger partial charge in [0, 0.05) is 31.9 Å². The van der Waals surface area contributed by atoms with Crippen LogP contribution in [0.2, 0.25) is 0 Å². The molecule has 1 atom stereocenters. The van der Waals surface area contributed by atoms with Crippen molar-refractivity contribution in [1.82, 2.24) is 4.31 Å². The van der Waals surface area contributed by atoms with Gasteiger partial charge in [0.15, 0.2) is 0 Å². The third-order valence-electron chi connectivity index (χ3n) is 7.59. The number of benzene rings is 2. The number of nitrogens with one attached hydrogen (secondary N) is 3. The van der Waals surface area contributed by atoms with Crippen molar-refractivity contribution in [3.63, 3.8) is 0 Å². The molecule has 1 amide bonds. The van der Waals surface area contributed by atoms with Crippen LogP contribution in [0.1, 0.15) is 42.5 Å². The Bertz CT molecular complexity index is 1390. The summed E-state index contributed by atoms with van der Waals surface area (Å²) in [7, 11) is -6.81. The first kappa shape index (κ1) is 26.0. The lowest BCUT2D eigenvalue weighted by Crippen LogP contribution is -2.41. The van der Waals surface area contributed by atoms with Gasteiger partial charge in [-0.05, 0) is 73.9 Å². The highest BCUT2D eigenvalue weighted by Crippen LogP contribution is 2.54. The lowest BCUT2D eigenvalue weighted by molar-refractivity contribution is 0.102. The van der Waals surface area contributed by atoms with Crippen molar-refractivity contribution in [2.24, 2.45) is 5.41 Å². The number of aliphatic hydroxyl groups excluding tert-OH is 1. The number of anilines is 3. The summed E-state index contributed by atoms with van der Waals surface area (Å²) in [6, 6.07) is 11.4. The number of hydrogen-bond donors (Lipinski definition) is 4. The highest BCUT2D eigenvalue weighted by atomic mass is 32.2. The zero-order valence-corrected chi connectivity index (χ0v) is 22.2. The Kier molecular flexibility index (Phi) is 6.94. The minimum atomic E-state index is -3.71. The second kappa shape index (κ2) is 9.90. The predicted molar refractivity (Wildman–Crippen MR) is 144 cm³/mol. The molecule has 3 aliphatic rings. The number of hydrogen-bond acceptors (Lipinski definition) is 7. The van der Waals surface area contributed by atoms with Gasteiger partial charge in [-0.25, -0.2) is 21.7 Å². The molecule has 2 aromatic carbocycles. The van der Waals surface area contributed by atoms with Crippen LogP contribution in [0, 0.1) is 10.2 Å². The molecule has 0 bridgehead atoms. The number of piperidine rings is 1. The predicted octanol–water partition coefficient (Wildman–Crippen LogP) is 3.08. The molecule has 1 saturated carbocycles. The minimum Gasteiger partial charge on any atom is -0.395 e. The van der Waals surface area contributed by atoms with Gasteiger partial charge in [0.25, 0.3) is 5.91 Å². The van der Waals surface area contributed by atoms with Crippen LogP contribution in [0.15, 0.2) is 47.4 Å². The molecule has 0 radical (unpaired) electrons. The summed E-state index contributed by atoms with van der Waals surface area (Å²) in [5.41, 5.74) is 2.24. The van der Waals surface area contributed by atoms with Gasteiger partial charge in [0.2, 0.25) is 10.0 Å². The zero-order valence-electron chi connectivity index (χ0n) is 20.6. The maximum atomic E-state index is 13.4. The lowest BCUT2D eigenvalue weighted by atomic mass is 9.93. The fraction of sp³-hybridized carbons (Fsp3) is 0.480. The Morgan fingerprint density at radius 1 is 0.973 bits per heavy atom. The van der Waals surface area contributed by atoms with Crippen LogP contribution in [0.5, 0.6) is 0 Å². The molecule has 37 heavy (non-hydrogen) atoms. The van der Waals surface area contributed by atoms with Gasteiger partial charge in [-0.2, -0.15) is 0 Å². The van der Waals surface area contributed by atoms with E-state index < -0.39 is 32.3 Å². The van der Waals surface area contributed by atoms with Crippen LogP contribution in [0.25, 0.3) is 0 Å². The third-order valence-corrected chi connectivity index (χ3v) is 10.8. The number of sulfonamides is 1. The van der Waals surface area contributed by atoms with Gasteiger partial charge in [0.1, 0.15) is 9.92 Å². The first-order chi connectivity index (χ1) is 17.6. The van der Waals surface area contributed by atoms with Crippen molar-refractivity contribution in [3.8, 4) is 0 Å². The maximum absolute atomic E-state index is 13.4. The van der Waals surface area contributed by atoms with E-state index in [2.05, 4.69) is 14.9 Å². The second-order valence-electron chi connectivity index (χ2n) is 10.2. The Hall–Kier alpha value is -2.67. The van der Waals surface area contributed by atoms with E-state index in [0.29, 0.717) is 46.0 Å². The van der Waals surface area contributed by atoms with Gasteiger partial charge < -0.3 is 15.3 Å². The average Bonchev–Trinajstić information content (AvgIpc) is 3.56. The van der Waals surface area contributed by atoms with Crippen molar-refractivity contribution >= 4 is 42.9 Å². The van der Waals surface area contributed by atoms with Crippen molar-refractivity contribution < 1.29 is 22.5 Å². The number of amides is 1. The SMILES string of the molecule is N=[S@@](=O)(c1cccc(NC(=O)c2ccc(NS(=O)(=O)CCO)cc2N2CCC3(CC2)CC3)c1)N1CCC1. The molecule has 3 fully saturated rings. The molecule has 2 heterocycles. The smallest absolute Gasteiger partial charge is 0.257 e. The van der Waals surface area contributed by atoms with Crippen molar-refractivity contribution in [3.05, 3.63) is 48.0 Å². The van der Waals surface area contributed by atoms with Crippen molar-refractivity contribution in [2.45, 2.75) is 37.0 Å². The van der Waals surface area contributed by atoms with Crippen LogP contribution >= 0.6 is 0 Å². The second-order valence-corrected chi connectivity index (χ2v) is 14.0. The van der Waals surface area contributed by atoms with E-state index in [4.69, 9.17) is 9.89 Å². The van der Waals surface area contributed by atoms with Gasteiger partial charge in [-0.1, -0.05) is 6.07 Å². The van der Waals surface area contributed by atoms with Gasteiger partial charge in [-0.3, -0.25) is 9.52 Å². The summed E-state index contributed by atoms with van der Waals surface area (Å²) in [4.78, 5) is 15.9. The molecule has 12 heteroatoms. The highest BCUT2D eigenvalue weighted by Gasteiger charge is 2.44. The van der Waals surface area contributed by atoms with E-state index >= 15 is 0 Å². The molecule has 1 aliphatic carbocycles. The fourth-order valence-electron chi connectivity index (χ4n) is 4.94. The number of carbonyl (C=O) groups is 1. The summed E-state index contributed by atoms with van der Waals surface area (Å²) < 4.78 is 49.9. The van der Waals surface area contributed by atoms with Crippen molar-refractivity contribution in [2.75, 3.05) is 53.5 Å². The van der Waals surface area contributed by atoms with Gasteiger partial charge >= 0.3 is 0 Å². The Labute approximate surface area is 218 Å². The molecular weight excluding hydrogens is 514 g/mol. The van der Waals surface area contributed by atoms with E-state index in [1.54, 1.807) is 40.7 Å². The fourth-order valence-corrected chi connectivity index (χ4v) is 7.38. The monoisotopic (exact) mass is 547 g/mol. The van der Waals surface area contributed by atoms with Crippen LogP contribution in [0.3, 0.4) is 0 Å². The molecule has 0 unspecified atom stereocenters. The Morgan fingerprint density at radius 3 is 2.32 bits per heavy atom. The third kappa shape index (κ3) is 5.62.